The molecule has 1 unspecified atom stereocenters. The Labute approximate surface area is 107 Å². The summed E-state index contributed by atoms with van der Waals surface area (Å²) >= 11 is 0. The molecule has 1 aromatic rings. The molecule has 0 saturated carbocycles. The molecule has 1 aromatic heterocycles. The molecule has 4 N–H and O–H groups in total. The van der Waals surface area contributed by atoms with Gasteiger partial charge in [0.15, 0.2) is 0 Å². The zero-order chi connectivity index (χ0) is 14.3. The first-order chi connectivity index (χ1) is 8.82. The first kappa shape index (κ1) is 12.9. The molecule has 2 amide bonds. The van der Waals surface area contributed by atoms with E-state index in [0.29, 0.717) is 0 Å². The minimum absolute atomic E-state index is 0.0585. The summed E-state index contributed by atoms with van der Waals surface area (Å²) in [5.41, 5.74) is 4.17. The highest BCUT2D eigenvalue weighted by atomic mass is 16.2. The van der Waals surface area contributed by atoms with Crippen molar-refractivity contribution in [3.8, 4) is 0 Å². The highest BCUT2D eigenvalue weighted by molar-refractivity contribution is 6.06. The summed E-state index contributed by atoms with van der Waals surface area (Å²) in [5, 5.41) is 2.62. The number of amides is 2. The maximum absolute atomic E-state index is 11.7. The smallest absolute Gasteiger partial charge is 0.329 e. The number of nitrogen functional groups attached to an aromatic ring is 1. The van der Waals surface area contributed by atoms with Crippen LogP contribution in [0.25, 0.3) is 0 Å². The number of rotatable bonds is 2. The van der Waals surface area contributed by atoms with Crippen molar-refractivity contribution in [2.45, 2.75) is 12.5 Å². The first-order valence-electron chi connectivity index (χ1n) is 5.48. The van der Waals surface area contributed by atoms with Crippen LogP contribution in [0.3, 0.4) is 0 Å². The molecule has 1 fully saturated rings. The van der Waals surface area contributed by atoms with Crippen LogP contribution in [0.5, 0.6) is 0 Å². The topological polar surface area (TPSA) is 130 Å². The second kappa shape index (κ2) is 4.26. The standard InChI is InChI=1S/C10H13N5O4/c1-14-5(16)3-4(9(14)18)12-6-7(11)15(2)10(19)13-8(6)17/h4,12H,3,11H2,1-2H3,(H,13,17,19). The van der Waals surface area contributed by atoms with Crippen molar-refractivity contribution in [2.24, 2.45) is 7.05 Å². The van der Waals surface area contributed by atoms with Gasteiger partial charge in [-0.15, -0.1) is 0 Å². The van der Waals surface area contributed by atoms with Crippen LogP contribution >= 0.6 is 0 Å². The number of H-pyrrole nitrogens is 1. The van der Waals surface area contributed by atoms with E-state index in [2.05, 4.69) is 10.3 Å². The van der Waals surface area contributed by atoms with Gasteiger partial charge in [0, 0.05) is 14.1 Å². The number of hydrogen-bond acceptors (Lipinski definition) is 6. The van der Waals surface area contributed by atoms with Gasteiger partial charge in [0.2, 0.25) is 5.91 Å². The highest BCUT2D eigenvalue weighted by Crippen LogP contribution is 2.17. The summed E-state index contributed by atoms with van der Waals surface area (Å²) in [5.74, 6) is -0.886. The molecule has 0 aliphatic carbocycles. The predicted octanol–water partition coefficient (Wildman–Crippen LogP) is -2.17. The van der Waals surface area contributed by atoms with Crippen molar-refractivity contribution < 1.29 is 9.59 Å². The van der Waals surface area contributed by atoms with Gasteiger partial charge in [0.05, 0.1) is 6.42 Å². The summed E-state index contributed by atoms with van der Waals surface area (Å²) in [4.78, 5) is 49.1. The number of carbonyl (C=O) groups is 2. The predicted molar refractivity (Wildman–Crippen MR) is 66.5 cm³/mol. The van der Waals surface area contributed by atoms with Crippen molar-refractivity contribution >= 4 is 23.3 Å². The summed E-state index contributed by atoms with van der Waals surface area (Å²) < 4.78 is 1.04. The maximum atomic E-state index is 11.7. The quantitative estimate of drug-likeness (QED) is 0.522. The maximum Gasteiger partial charge on any atom is 0.329 e. The molecular weight excluding hydrogens is 254 g/mol. The minimum Gasteiger partial charge on any atom is -0.383 e. The average Bonchev–Trinajstić information content (AvgIpc) is 2.59. The van der Waals surface area contributed by atoms with Crippen LogP contribution in [0.2, 0.25) is 0 Å². The Kier molecular flexibility index (Phi) is 2.89. The number of hydrogen-bond donors (Lipinski definition) is 3. The second-order valence-corrected chi connectivity index (χ2v) is 4.27. The lowest BCUT2D eigenvalue weighted by atomic mass is 10.2. The van der Waals surface area contributed by atoms with E-state index in [9.17, 15) is 19.2 Å². The fourth-order valence-corrected chi connectivity index (χ4v) is 1.82. The number of nitrogens with two attached hydrogens (primary N) is 1. The molecule has 1 aliphatic rings. The number of likely N-dealkylation sites (tertiary alicyclic amines) is 1. The van der Waals surface area contributed by atoms with E-state index in [4.69, 9.17) is 5.73 Å². The molecule has 19 heavy (non-hydrogen) atoms. The Balaban J connectivity index is 2.38. The molecule has 2 rings (SSSR count). The Bertz CT molecular complexity index is 673. The average molecular weight is 267 g/mol. The van der Waals surface area contributed by atoms with Gasteiger partial charge >= 0.3 is 5.69 Å². The van der Waals surface area contributed by atoms with Crippen LogP contribution in [0.4, 0.5) is 11.5 Å². The van der Waals surface area contributed by atoms with Gasteiger partial charge in [0.1, 0.15) is 17.5 Å². The van der Waals surface area contributed by atoms with E-state index < -0.39 is 23.2 Å². The molecule has 0 aromatic carbocycles. The molecule has 102 valence electrons. The number of nitrogens with zero attached hydrogens (tertiary/aromatic N) is 2. The van der Waals surface area contributed by atoms with Gasteiger partial charge in [-0.3, -0.25) is 28.8 Å². The Morgan fingerprint density at radius 3 is 2.42 bits per heavy atom. The molecule has 9 nitrogen and oxygen atoms in total. The van der Waals surface area contributed by atoms with Crippen LogP contribution < -0.4 is 22.3 Å². The van der Waals surface area contributed by atoms with E-state index in [1.165, 1.54) is 14.1 Å². The monoisotopic (exact) mass is 267 g/mol. The lowest BCUT2D eigenvalue weighted by Gasteiger charge is -2.14. The zero-order valence-corrected chi connectivity index (χ0v) is 10.4. The zero-order valence-electron chi connectivity index (χ0n) is 10.4. The summed E-state index contributed by atoms with van der Waals surface area (Å²) in [6, 6.07) is -0.849. The molecule has 1 atom stereocenters. The third-order valence-electron chi connectivity index (χ3n) is 3.07. The summed E-state index contributed by atoms with van der Waals surface area (Å²) in [6.07, 6.45) is -0.0585. The van der Waals surface area contributed by atoms with Crippen LogP contribution in [-0.2, 0) is 16.6 Å². The summed E-state index contributed by atoms with van der Waals surface area (Å²) in [7, 11) is 2.74. The third-order valence-corrected chi connectivity index (χ3v) is 3.07. The number of carbonyl (C=O) groups excluding carboxylic acids is 2. The van der Waals surface area contributed by atoms with Crippen molar-refractivity contribution in [1.82, 2.24) is 14.5 Å². The molecule has 9 heteroatoms. The molecule has 0 spiro atoms. The van der Waals surface area contributed by atoms with Gasteiger partial charge < -0.3 is 11.1 Å². The van der Waals surface area contributed by atoms with Crippen molar-refractivity contribution in [3.05, 3.63) is 20.8 Å². The lowest BCUT2D eigenvalue weighted by Crippen LogP contribution is -2.37. The Hall–Kier alpha value is -2.58. The molecule has 2 heterocycles. The summed E-state index contributed by atoms with van der Waals surface area (Å²) in [6.45, 7) is 0. The highest BCUT2D eigenvalue weighted by Gasteiger charge is 2.36. The van der Waals surface area contributed by atoms with Crippen LogP contribution in [0.1, 0.15) is 6.42 Å². The largest absolute Gasteiger partial charge is 0.383 e. The molecular formula is C10H13N5O4. The molecule has 0 bridgehead atoms. The van der Waals surface area contributed by atoms with Crippen molar-refractivity contribution in [1.29, 1.82) is 0 Å². The van der Waals surface area contributed by atoms with E-state index in [1.807, 2.05) is 0 Å². The van der Waals surface area contributed by atoms with E-state index in [1.54, 1.807) is 0 Å². The first-order valence-corrected chi connectivity index (χ1v) is 5.48. The van der Waals surface area contributed by atoms with Crippen LogP contribution in [0.15, 0.2) is 9.59 Å². The number of aromatic amines is 1. The minimum atomic E-state index is -0.849. The molecule has 1 saturated heterocycles. The Morgan fingerprint density at radius 1 is 1.26 bits per heavy atom. The SMILES string of the molecule is CN1C(=O)CC(Nc2c(N)n(C)c(=O)[nH]c2=O)C1=O. The van der Waals surface area contributed by atoms with Crippen molar-refractivity contribution in [2.75, 3.05) is 18.1 Å². The lowest BCUT2D eigenvalue weighted by molar-refractivity contribution is -0.136. The van der Waals surface area contributed by atoms with Crippen molar-refractivity contribution in [3.63, 3.8) is 0 Å². The van der Waals surface area contributed by atoms with Gasteiger partial charge in [-0.05, 0) is 0 Å². The number of anilines is 2. The molecule has 0 radical (unpaired) electrons. The second-order valence-electron chi connectivity index (χ2n) is 4.27. The normalized spacial score (nSPS) is 19.1. The third kappa shape index (κ3) is 1.98. The number of aromatic nitrogens is 2. The molecule has 1 aliphatic heterocycles. The van der Waals surface area contributed by atoms with Gasteiger partial charge in [-0.25, -0.2) is 4.79 Å². The number of nitrogens with one attached hydrogen (secondary N) is 2. The number of likely N-dealkylation sites (N-methyl/N-ethyl adjacent to an activating group) is 1. The van der Waals surface area contributed by atoms with Gasteiger partial charge in [-0.2, -0.15) is 0 Å². The van der Waals surface area contributed by atoms with Gasteiger partial charge in [-0.1, -0.05) is 0 Å². The van der Waals surface area contributed by atoms with Gasteiger partial charge in [0.25, 0.3) is 11.5 Å². The van der Waals surface area contributed by atoms with E-state index in [0.717, 1.165) is 9.47 Å². The fourth-order valence-electron chi connectivity index (χ4n) is 1.82. The number of imide groups is 1. The fraction of sp³-hybridized carbons (Fsp3) is 0.400. The van der Waals surface area contributed by atoms with Crippen LogP contribution in [0, 0.1) is 0 Å². The van der Waals surface area contributed by atoms with E-state index in [-0.39, 0.29) is 23.8 Å². The van der Waals surface area contributed by atoms with Crippen LogP contribution in [-0.4, -0.2) is 39.4 Å². The Morgan fingerprint density at radius 2 is 1.89 bits per heavy atom. The van der Waals surface area contributed by atoms with E-state index >= 15 is 0 Å².